The van der Waals surface area contributed by atoms with Gasteiger partial charge in [0.15, 0.2) is 0 Å². The number of carbonyl (C=O) groups is 2. The highest BCUT2D eigenvalue weighted by atomic mass is 32.1. The largest absolute Gasteiger partial charge is 0.355 e. The van der Waals surface area contributed by atoms with Crippen LogP contribution < -0.4 is 10.6 Å². The first kappa shape index (κ1) is 18.1. The standard InChI is InChI=1S/C18H19N3O4S/c1-10-3-8-13-14(9-10)26-18(15(13)17(23)19-2)20-16(22)11-4-6-12(7-5-11)21(24)25/h4-7,10H,3,8-9H2,1-2H3,(H,19,23)(H,20,22)/t10-/m0/s1. The number of thiophene rings is 1. The lowest BCUT2D eigenvalue weighted by Crippen LogP contribution is -2.22. The highest BCUT2D eigenvalue weighted by Gasteiger charge is 2.28. The van der Waals surface area contributed by atoms with Gasteiger partial charge in [-0.3, -0.25) is 19.7 Å². The molecule has 0 unspecified atom stereocenters. The van der Waals surface area contributed by atoms with E-state index in [-0.39, 0.29) is 11.6 Å². The van der Waals surface area contributed by atoms with Crippen LogP contribution in [0.5, 0.6) is 0 Å². The summed E-state index contributed by atoms with van der Waals surface area (Å²) in [5.74, 6) is -0.0512. The van der Waals surface area contributed by atoms with Gasteiger partial charge in [-0.25, -0.2) is 0 Å². The number of hydrogen-bond acceptors (Lipinski definition) is 5. The number of benzene rings is 1. The van der Waals surface area contributed by atoms with Crippen molar-refractivity contribution in [2.75, 3.05) is 12.4 Å². The van der Waals surface area contributed by atoms with Crippen LogP contribution in [0.1, 0.15) is 44.5 Å². The summed E-state index contributed by atoms with van der Waals surface area (Å²) in [6, 6.07) is 5.39. The first-order chi connectivity index (χ1) is 12.4. The van der Waals surface area contributed by atoms with Crippen LogP contribution >= 0.6 is 11.3 Å². The number of anilines is 1. The average Bonchev–Trinajstić information content (AvgIpc) is 2.97. The van der Waals surface area contributed by atoms with Crippen LogP contribution in [-0.4, -0.2) is 23.8 Å². The van der Waals surface area contributed by atoms with Crippen LogP contribution in [0.15, 0.2) is 24.3 Å². The number of amides is 2. The quantitative estimate of drug-likeness (QED) is 0.633. The number of nitrogens with one attached hydrogen (secondary N) is 2. The van der Waals surface area contributed by atoms with Crippen molar-refractivity contribution in [2.24, 2.45) is 5.92 Å². The molecule has 0 fully saturated rings. The second-order valence-electron chi connectivity index (χ2n) is 6.39. The zero-order valence-corrected chi connectivity index (χ0v) is 15.3. The van der Waals surface area contributed by atoms with E-state index in [9.17, 15) is 19.7 Å². The van der Waals surface area contributed by atoms with Crippen molar-refractivity contribution in [2.45, 2.75) is 26.2 Å². The summed E-state index contributed by atoms with van der Waals surface area (Å²) < 4.78 is 0. The molecule has 0 saturated carbocycles. The number of nitrogens with zero attached hydrogens (tertiary/aromatic N) is 1. The molecule has 1 aromatic heterocycles. The van der Waals surface area contributed by atoms with E-state index in [4.69, 9.17) is 0 Å². The van der Waals surface area contributed by atoms with E-state index in [0.29, 0.717) is 22.0 Å². The Hall–Kier alpha value is -2.74. The van der Waals surface area contributed by atoms with Gasteiger partial charge in [0, 0.05) is 29.6 Å². The molecule has 1 atom stereocenters. The fraction of sp³-hybridized carbons (Fsp3) is 0.333. The summed E-state index contributed by atoms with van der Waals surface area (Å²) in [7, 11) is 1.57. The molecule has 7 nitrogen and oxygen atoms in total. The van der Waals surface area contributed by atoms with Crippen molar-refractivity contribution < 1.29 is 14.5 Å². The lowest BCUT2D eigenvalue weighted by molar-refractivity contribution is -0.384. The maximum Gasteiger partial charge on any atom is 0.269 e. The molecular formula is C18H19N3O4S. The Bertz CT molecular complexity index is 873. The van der Waals surface area contributed by atoms with E-state index < -0.39 is 10.8 Å². The number of rotatable bonds is 4. The molecule has 136 valence electrons. The Balaban J connectivity index is 1.90. The molecule has 2 aromatic rings. The molecule has 0 spiro atoms. The van der Waals surface area contributed by atoms with Gasteiger partial charge in [0.05, 0.1) is 10.5 Å². The van der Waals surface area contributed by atoms with Crippen LogP contribution in [0.4, 0.5) is 10.7 Å². The molecule has 2 N–H and O–H groups in total. The van der Waals surface area contributed by atoms with E-state index in [1.54, 1.807) is 7.05 Å². The number of hydrogen-bond donors (Lipinski definition) is 2. The maximum atomic E-state index is 12.5. The van der Waals surface area contributed by atoms with Crippen molar-refractivity contribution in [1.29, 1.82) is 0 Å². The van der Waals surface area contributed by atoms with Crippen molar-refractivity contribution in [3.63, 3.8) is 0 Å². The van der Waals surface area contributed by atoms with Crippen LogP contribution in [0.3, 0.4) is 0 Å². The first-order valence-corrected chi connectivity index (χ1v) is 9.14. The second kappa shape index (κ2) is 7.25. The molecule has 8 heteroatoms. The third-order valence-electron chi connectivity index (χ3n) is 4.53. The zero-order chi connectivity index (χ0) is 18.8. The maximum absolute atomic E-state index is 12.5. The predicted molar refractivity (Wildman–Crippen MR) is 99.9 cm³/mol. The molecule has 1 heterocycles. The van der Waals surface area contributed by atoms with Crippen LogP contribution in [0, 0.1) is 16.0 Å². The fourth-order valence-electron chi connectivity index (χ4n) is 3.11. The monoisotopic (exact) mass is 373 g/mol. The highest BCUT2D eigenvalue weighted by Crippen LogP contribution is 2.39. The number of nitro groups is 1. The topological polar surface area (TPSA) is 101 Å². The van der Waals surface area contributed by atoms with E-state index in [0.717, 1.165) is 29.7 Å². The first-order valence-electron chi connectivity index (χ1n) is 8.33. The molecule has 26 heavy (non-hydrogen) atoms. The smallest absolute Gasteiger partial charge is 0.269 e. The Kier molecular flexibility index (Phi) is 5.03. The van der Waals surface area contributed by atoms with Crippen LogP contribution in [-0.2, 0) is 12.8 Å². The fourth-order valence-corrected chi connectivity index (χ4v) is 4.52. The number of nitro benzene ring substituents is 1. The highest BCUT2D eigenvalue weighted by molar-refractivity contribution is 7.17. The van der Waals surface area contributed by atoms with Gasteiger partial charge < -0.3 is 10.6 Å². The molecule has 0 bridgehead atoms. The second-order valence-corrected chi connectivity index (χ2v) is 7.50. The minimum atomic E-state index is -0.514. The van der Waals surface area contributed by atoms with Gasteiger partial charge in [-0.2, -0.15) is 0 Å². The average molecular weight is 373 g/mol. The van der Waals surface area contributed by atoms with E-state index in [1.165, 1.54) is 35.6 Å². The Labute approximate surface area is 154 Å². The third-order valence-corrected chi connectivity index (χ3v) is 5.70. The number of fused-ring (bicyclic) bond motifs is 1. The van der Waals surface area contributed by atoms with Gasteiger partial charge in [0.25, 0.3) is 17.5 Å². The Morgan fingerprint density at radius 1 is 1.23 bits per heavy atom. The van der Waals surface area contributed by atoms with Gasteiger partial charge in [-0.1, -0.05) is 6.92 Å². The van der Waals surface area contributed by atoms with E-state index in [1.807, 2.05) is 0 Å². The number of carbonyl (C=O) groups excluding carboxylic acids is 2. The summed E-state index contributed by atoms with van der Waals surface area (Å²) in [6.45, 7) is 2.18. The molecule has 0 radical (unpaired) electrons. The molecule has 0 saturated heterocycles. The zero-order valence-electron chi connectivity index (χ0n) is 14.5. The summed E-state index contributed by atoms with van der Waals surface area (Å²) >= 11 is 1.44. The summed E-state index contributed by atoms with van der Waals surface area (Å²) in [4.78, 5) is 36.2. The van der Waals surface area contributed by atoms with E-state index >= 15 is 0 Å². The lowest BCUT2D eigenvalue weighted by Gasteiger charge is -2.18. The molecule has 1 aromatic carbocycles. The normalized spacial score (nSPS) is 15.8. The Morgan fingerprint density at radius 2 is 1.92 bits per heavy atom. The van der Waals surface area contributed by atoms with Gasteiger partial charge in [0.1, 0.15) is 5.00 Å². The molecule has 3 rings (SSSR count). The van der Waals surface area contributed by atoms with Gasteiger partial charge >= 0.3 is 0 Å². The van der Waals surface area contributed by atoms with Crippen molar-refractivity contribution in [3.8, 4) is 0 Å². The van der Waals surface area contributed by atoms with Crippen molar-refractivity contribution in [1.82, 2.24) is 5.32 Å². The molecule has 1 aliphatic rings. The third kappa shape index (κ3) is 3.45. The van der Waals surface area contributed by atoms with Crippen molar-refractivity contribution in [3.05, 3.63) is 55.9 Å². The van der Waals surface area contributed by atoms with Gasteiger partial charge in [-0.15, -0.1) is 11.3 Å². The van der Waals surface area contributed by atoms with E-state index in [2.05, 4.69) is 17.6 Å². The van der Waals surface area contributed by atoms with Crippen LogP contribution in [0.25, 0.3) is 0 Å². The molecular weight excluding hydrogens is 354 g/mol. The van der Waals surface area contributed by atoms with Gasteiger partial charge in [0.2, 0.25) is 0 Å². The summed E-state index contributed by atoms with van der Waals surface area (Å²) in [6.07, 6.45) is 2.74. The lowest BCUT2D eigenvalue weighted by atomic mass is 9.88. The van der Waals surface area contributed by atoms with Crippen molar-refractivity contribution >= 4 is 33.8 Å². The molecule has 0 aliphatic heterocycles. The minimum Gasteiger partial charge on any atom is -0.355 e. The van der Waals surface area contributed by atoms with Crippen LogP contribution in [0.2, 0.25) is 0 Å². The summed E-state index contributed by atoms with van der Waals surface area (Å²) in [5, 5.41) is 16.7. The SMILES string of the molecule is CNC(=O)c1c(NC(=O)c2ccc([N+](=O)[O-])cc2)sc2c1CC[C@H](C)C2. The van der Waals surface area contributed by atoms with Gasteiger partial charge in [-0.05, 0) is 42.9 Å². The minimum absolute atomic E-state index is 0.0758. The molecule has 1 aliphatic carbocycles. The number of non-ortho nitro benzene ring substituents is 1. The summed E-state index contributed by atoms with van der Waals surface area (Å²) in [5.41, 5.74) is 1.78. The Morgan fingerprint density at radius 3 is 2.54 bits per heavy atom. The molecule has 2 amide bonds. The predicted octanol–water partition coefficient (Wildman–Crippen LogP) is 3.39.